The maximum Gasteiger partial charge on any atom is 0.177 e. The molecule has 0 N–H and O–H groups in total. The van der Waals surface area contributed by atoms with Crippen LogP contribution in [0.15, 0.2) is 24.3 Å². The van der Waals surface area contributed by atoms with E-state index < -0.39 is 15.6 Å². The van der Waals surface area contributed by atoms with Crippen LogP contribution in [0.2, 0.25) is 0 Å². The molecule has 1 fully saturated rings. The third-order valence-corrected chi connectivity index (χ3v) is 3.18. The van der Waals surface area contributed by atoms with E-state index in [1.807, 2.05) is 0 Å². The lowest BCUT2D eigenvalue weighted by molar-refractivity contribution is 0.102. The van der Waals surface area contributed by atoms with E-state index in [4.69, 9.17) is 4.74 Å². The van der Waals surface area contributed by atoms with Gasteiger partial charge in [-0.15, -0.1) is 0 Å². The molecule has 0 spiro atoms. The molecule has 0 radical (unpaired) electrons. The van der Waals surface area contributed by atoms with Gasteiger partial charge in [0.1, 0.15) is 11.5 Å². The molecule has 17 heavy (non-hydrogen) atoms. The zero-order valence-corrected chi connectivity index (χ0v) is 10.4. The molecular weight excluding hydrogens is 240 g/mol. The number of Topliss-reactive ketones (excluding diaryl/α,β-unsaturated/α-hetero) is 1. The van der Waals surface area contributed by atoms with Gasteiger partial charge in [-0.25, -0.2) is 8.42 Å². The highest BCUT2D eigenvalue weighted by Crippen LogP contribution is 2.26. The maximum atomic E-state index is 11.6. The zero-order valence-electron chi connectivity index (χ0n) is 9.55. The van der Waals surface area contributed by atoms with Gasteiger partial charge in [-0.2, -0.15) is 0 Å². The van der Waals surface area contributed by atoms with Crippen LogP contribution in [-0.4, -0.2) is 32.3 Å². The van der Waals surface area contributed by atoms with Crippen LogP contribution in [-0.2, 0) is 9.84 Å². The van der Waals surface area contributed by atoms with Crippen LogP contribution in [0.5, 0.6) is 5.75 Å². The largest absolute Gasteiger partial charge is 0.490 e. The fraction of sp³-hybridized carbons (Fsp3) is 0.417. The summed E-state index contributed by atoms with van der Waals surface area (Å²) in [4.78, 5) is 11.6. The lowest BCUT2D eigenvalue weighted by Crippen LogP contribution is -2.14. The Kier molecular flexibility index (Phi) is 3.19. The summed E-state index contributed by atoms with van der Waals surface area (Å²) in [5.41, 5.74) is 0.401. The second kappa shape index (κ2) is 4.49. The number of hydrogen-bond donors (Lipinski definition) is 0. The Labute approximate surface area is 101 Å². The van der Waals surface area contributed by atoms with E-state index in [0.717, 1.165) is 24.8 Å². The Balaban J connectivity index is 2.03. The molecule has 0 bridgehead atoms. The van der Waals surface area contributed by atoms with Crippen LogP contribution in [0.4, 0.5) is 0 Å². The standard InChI is InChI=1S/C12H14O4S/c1-17(14,15)8-12(13)9-2-4-10(5-3-9)16-11-6-7-11/h2-5,11H,6-8H2,1H3. The summed E-state index contributed by atoms with van der Waals surface area (Å²) in [6, 6.07) is 6.61. The van der Waals surface area contributed by atoms with Gasteiger partial charge in [-0.1, -0.05) is 0 Å². The van der Waals surface area contributed by atoms with Crippen LogP contribution in [0.1, 0.15) is 23.2 Å². The average Bonchev–Trinajstić information content (AvgIpc) is 3.00. The predicted octanol–water partition coefficient (Wildman–Crippen LogP) is 1.46. The zero-order chi connectivity index (χ0) is 12.5. The molecular formula is C12H14O4S. The van der Waals surface area contributed by atoms with Crippen molar-refractivity contribution in [2.24, 2.45) is 0 Å². The molecule has 1 aliphatic rings. The minimum Gasteiger partial charge on any atom is -0.490 e. The summed E-state index contributed by atoms with van der Waals surface area (Å²) >= 11 is 0. The fourth-order valence-electron chi connectivity index (χ4n) is 1.42. The number of rotatable bonds is 5. The molecule has 4 nitrogen and oxygen atoms in total. The van der Waals surface area contributed by atoms with Gasteiger partial charge in [0.25, 0.3) is 0 Å². The molecule has 1 saturated carbocycles. The molecule has 2 rings (SSSR count). The van der Waals surface area contributed by atoms with E-state index in [-0.39, 0.29) is 5.78 Å². The average molecular weight is 254 g/mol. The van der Waals surface area contributed by atoms with Gasteiger partial charge in [0, 0.05) is 11.8 Å². The maximum absolute atomic E-state index is 11.6. The third kappa shape index (κ3) is 3.85. The number of carbonyl (C=O) groups is 1. The van der Waals surface area contributed by atoms with Gasteiger partial charge in [-0.05, 0) is 37.1 Å². The quantitative estimate of drug-likeness (QED) is 0.746. The second-order valence-corrected chi connectivity index (χ2v) is 6.48. The first-order valence-corrected chi connectivity index (χ1v) is 7.48. The van der Waals surface area contributed by atoms with Crippen molar-refractivity contribution in [3.63, 3.8) is 0 Å². The van der Waals surface area contributed by atoms with Gasteiger partial charge in [0.15, 0.2) is 15.6 Å². The van der Waals surface area contributed by atoms with Crippen LogP contribution >= 0.6 is 0 Å². The number of sulfone groups is 1. The molecule has 0 unspecified atom stereocenters. The van der Waals surface area contributed by atoms with Gasteiger partial charge in [0.05, 0.1) is 6.10 Å². The van der Waals surface area contributed by atoms with Gasteiger partial charge < -0.3 is 4.74 Å². The highest BCUT2D eigenvalue weighted by molar-refractivity contribution is 7.91. The SMILES string of the molecule is CS(=O)(=O)CC(=O)c1ccc(OC2CC2)cc1. The first-order chi connectivity index (χ1) is 7.94. The number of ketones is 1. The Morgan fingerprint density at radius 1 is 1.29 bits per heavy atom. The highest BCUT2D eigenvalue weighted by Gasteiger charge is 2.23. The van der Waals surface area contributed by atoms with Crippen molar-refractivity contribution >= 4 is 15.6 Å². The Morgan fingerprint density at radius 3 is 2.35 bits per heavy atom. The summed E-state index contributed by atoms with van der Waals surface area (Å²) < 4.78 is 27.5. The summed E-state index contributed by atoms with van der Waals surface area (Å²) in [7, 11) is -3.27. The molecule has 0 aliphatic heterocycles. The van der Waals surface area contributed by atoms with E-state index in [0.29, 0.717) is 11.7 Å². The Hall–Kier alpha value is -1.36. The number of ether oxygens (including phenoxy) is 1. The lowest BCUT2D eigenvalue weighted by Gasteiger charge is -2.05. The van der Waals surface area contributed by atoms with E-state index in [2.05, 4.69) is 0 Å². The van der Waals surface area contributed by atoms with Crippen LogP contribution in [0.3, 0.4) is 0 Å². The second-order valence-electron chi connectivity index (χ2n) is 4.33. The molecule has 0 heterocycles. The monoisotopic (exact) mass is 254 g/mol. The molecule has 0 aromatic heterocycles. The first-order valence-electron chi connectivity index (χ1n) is 5.42. The van der Waals surface area contributed by atoms with Crippen molar-refractivity contribution in [1.82, 2.24) is 0 Å². The normalized spacial score (nSPS) is 15.6. The van der Waals surface area contributed by atoms with Crippen molar-refractivity contribution in [3.05, 3.63) is 29.8 Å². The fourth-order valence-corrected chi connectivity index (χ4v) is 2.06. The van der Waals surface area contributed by atoms with Crippen molar-refractivity contribution in [2.45, 2.75) is 18.9 Å². The number of benzene rings is 1. The summed E-state index contributed by atoms with van der Waals surface area (Å²) in [6.45, 7) is 0. The highest BCUT2D eigenvalue weighted by atomic mass is 32.2. The topological polar surface area (TPSA) is 60.4 Å². The van der Waals surface area contributed by atoms with Crippen molar-refractivity contribution < 1.29 is 17.9 Å². The molecule has 1 aliphatic carbocycles. The minimum atomic E-state index is -3.27. The van der Waals surface area contributed by atoms with Gasteiger partial charge in [0.2, 0.25) is 0 Å². The van der Waals surface area contributed by atoms with Gasteiger partial charge >= 0.3 is 0 Å². The first kappa shape index (κ1) is 12.1. The summed E-state index contributed by atoms with van der Waals surface area (Å²) in [6.07, 6.45) is 3.52. The molecule has 5 heteroatoms. The van der Waals surface area contributed by atoms with Gasteiger partial charge in [-0.3, -0.25) is 4.79 Å². The predicted molar refractivity (Wildman–Crippen MR) is 64.1 cm³/mol. The molecule has 0 atom stereocenters. The van der Waals surface area contributed by atoms with Crippen molar-refractivity contribution in [1.29, 1.82) is 0 Å². The molecule has 0 amide bonds. The summed E-state index contributed by atoms with van der Waals surface area (Å²) in [5, 5.41) is 0. The van der Waals surface area contributed by atoms with Crippen LogP contribution in [0, 0.1) is 0 Å². The minimum absolute atomic E-state index is 0.313. The smallest absolute Gasteiger partial charge is 0.177 e. The number of hydrogen-bond acceptors (Lipinski definition) is 4. The Morgan fingerprint density at radius 2 is 1.88 bits per heavy atom. The molecule has 1 aromatic carbocycles. The van der Waals surface area contributed by atoms with E-state index in [9.17, 15) is 13.2 Å². The molecule has 92 valence electrons. The van der Waals surface area contributed by atoms with Crippen LogP contribution in [0.25, 0.3) is 0 Å². The van der Waals surface area contributed by atoms with E-state index in [1.165, 1.54) is 0 Å². The molecule has 1 aromatic rings. The van der Waals surface area contributed by atoms with E-state index >= 15 is 0 Å². The van der Waals surface area contributed by atoms with Crippen LogP contribution < -0.4 is 4.74 Å². The number of carbonyl (C=O) groups excluding carboxylic acids is 1. The summed E-state index contributed by atoms with van der Waals surface area (Å²) in [5.74, 6) is -0.107. The Bertz CT molecular complexity index is 512. The molecule has 0 saturated heterocycles. The third-order valence-electron chi connectivity index (χ3n) is 2.40. The van der Waals surface area contributed by atoms with Crippen molar-refractivity contribution in [2.75, 3.05) is 12.0 Å². The lowest BCUT2D eigenvalue weighted by atomic mass is 10.1. The van der Waals surface area contributed by atoms with E-state index in [1.54, 1.807) is 24.3 Å². The van der Waals surface area contributed by atoms with Crippen molar-refractivity contribution in [3.8, 4) is 5.75 Å².